The molecule has 1 aromatic heterocycles. The Morgan fingerprint density at radius 2 is 2.31 bits per heavy atom. The van der Waals surface area contributed by atoms with Gasteiger partial charge in [0.15, 0.2) is 0 Å². The van der Waals surface area contributed by atoms with Gasteiger partial charge in [0.25, 0.3) is 5.91 Å². The summed E-state index contributed by atoms with van der Waals surface area (Å²) in [5.41, 5.74) is 0. The minimum Gasteiger partial charge on any atom is -0.354 e. The monoisotopic (exact) mass is 258 g/mol. The molecule has 4 nitrogen and oxygen atoms in total. The van der Waals surface area contributed by atoms with Crippen LogP contribution >= 0.6 is 22.9 Å². The third-order valence-electron chi connectivity index (χ3n) is 2.33. The number of hydrogen-bond donors (Lipinski definition) is 1. The number of nitrogens with zero attached hydrogens (tertiary/aromatic N) is 1. The number of rotatable bonds is 1. The van der Waals surface area contributed by atoms with Gasteiger partial charge in [-0.05, 0) is 18.6 Å². The van der Waals surface area contributed by atoms with E-state index in [0.717, 1.165) is 6.42 Å². The molecule has 0 aliphatic carbocycles. The smallest absolute Gasteiger partial charge is 0.264 e. The second-order valence-electron chi connectivity index (χ2n) is 3.53. The number of nitrogens with one attached hydrogen (secondary N) is 1. The van der Waals surface area contributed by atoms with Crippen molar-refractivity contribution < 1.29 is 9.59 Å². The quantitative estimate of drug-likeness (QED) is 0.827. The molecule has 0 spiro atoms. The third-order valence-corrected chi connectivity index (χ3v) is 3.55. The molecule has 0 bridgehead atoms. The molecule has 2 heterocycles. The molecule has 0 radical (unpaired) electrons. The summed E-state index contributed by atoms with van der Waals surface area (Å²) in [5, 5.41) is 2.73. The van der Waals surface area contributed by atoms with E-state index in [2.05, 4.69) is 5.32 Å². The number of carbonyl (C=O) groups excluding carboxylic acids is 2. The van der Waals surface area contributed by atoms with Crippen molar-refractivity contribution in [1.82, 2.24) is 10.2 Å². The number of amides is 2. The van der Waals surface area contributed by atoms with Crippen LogP contribution in [0.25, 0.3) is 0 Å². The highest BCUT2D eigenvalue weighted by Crippen LogP contribution is 2.22. The first-order valence-electron chi connectivity index (χ1n) is 4.98. The summed E-state index contributed by atoms with van der Waals surface area (Å²) in [6, 6.07) is 3.38. The van der Waals surface area contributed by atoms with Crippen LogP contribution in [0.3, 0.4) is 0 Å². The number of carbonyl (C=O) groups is 2. The first-order valence-corrected chi connectivity index (χ1v) is 6.17. The Morgan fingerprint density at radius 1 is 1.50 bits per heavy atom. The van der Waals surface area contributed by atoms with Gasteiger partial charge in [-0.2, -0.15) is 0 Å². The van der Waals surface area contributed by atoms with Crippen LogP contribution < -0.4 is 5.32 Å². The van der Waals surface area contributed by atoms with Crippen molar-refractivity contribution in [1.29, 1.82) is 0 Å². The molecule has 16 heavy (non-hydrogen) atoms. The lowest BCUT2D eigenvalue weighted by molar-refractivity contribution is -0.121. The summed E-state index contributed by atoms with van der Waals surface area (Å²) in [6.45, 7) is 1.37. The molecule has 1 N–H and O–H groups in total. The molecule has 1 saturated heterocycles. The summed E-state index contributed by atoms with van der Waals surface area (Å²) in [5.74, 6) is -0.220. The van der Waals surface area contributed by atoms with Crippen LogP contribution in [-0.2, 0) is 4.79 Å². The molecule has 0 saturated carbocycles. The maximum Gasteiger partial charge on any atom is 0.264 e. The molecule has 0 atom stereocenters. The molecule has 6 heteroatoms. The summed E-state index contributed by atoms with van der Waals surface area (Å²) in [7, 11) is 0. The van der Waals surface area contributed by atoms with Crippen LogP contribution in [-0.4, -0.2) is 36.3 Å². The fourth-order valence-corrected chi connectivity index (χ4v) is 2.58. The van der Waals surface area contributed by atoms with E-state index in [0.29, 0.717) is 22.3 Å². The zero-order chi connectivity index (χ0) is 11.5. The molecule has 1 aromatic rings. The minimum atomic E-state index is -0.117. The van der Waals surface area contributed by atoms with Crippen molar-refractivity contribution in [3.8, 4) is 0 Å². The fraction of sp³-hybridized carbons (Fsp3) is 0.400. The second kappa shape index (κ2) is 4.84. The van der Waals surface area contributed by atoms with E-state index < -0.39 is 0 Å². The Kier molecular flexibility index (Phi) is 3.46. The third kappa shape index (κ3) is 2.54. The largest absolute Gasteiger partial charge is 0.354 e. The summed E-state index contributed by atoms with van der Waals surface area (Å²) < 4.78 is 0.586. The van der Waals surface area contributed by atoms with E-state index in [1.807, 2.05) is 0 Å². The number of thiophene rings is 1. The molecule has 1 fully saturated rings. The van der Waals surface area contributed by atoms with Crippen molar-refractivity contribution >= 4 is 34.8 Å². The lowest BCUT2D eigenvalue weighted by Crippen LogP contribution is -2.37. The maximum atomic E-state index is 12.0. The van der Waals surface area contributed by atoms with Crippen LogP contribution in [0.1, 0.15) is 16.1 Å². The zero-order valence-corrected chi connectivity index (χ0v) is 10.1. The van der Waals surface area contributed by atoms with Gasteiger partial charge in [-0.3, -0.25) is 9.59 Å². The maximum absolute atomic E-state index is 12.0. The first kappa shape index (κ1) is 11.4. The van der Waals surface area contributed by atoms with Gasteiger partial charge in [0.1, 0.15) is 0 Å². The van der Waals surface area contributed by atoms with Crippen LogP contribution in [0.4, 0.5) is 0 Å². The molecular weight excluding hydrogens is 248 g/mol. The van der Waals surface area contributed by atoms with E-state index in [4.69, 9.17) is 11.6 Å². The van der Waals surface area contributed by atoms with Crippen molar-refractivity contribution in [2.45, 2.75) is 6.42 Å². The highest BCUT2D eigenvalue weighted by Gasteiger charge is 2.21. The molecule has 1 aliphatic heterocycles. The molecule has 1 aliphatic rings. The first-order chi connectivity index (χ1) is 7.66. The topological polar surface area (TPSA) is 49.4 Å². The Hall–Kier alpha value is -1.07. The highest BCUT2D eigenvalue weighted by molar-refractivity contribution is 7.17. The number of halogens is 1. The normalized spacial score (nSPS) is 16.8. The van der Waals surface area contributed by atoms with Crippen LogP contribution in [0, 0.1) is 0 Å². The lowest BCUT2D eigenvalue weighted by Gasteiger charge is -2.17. The van der Waals surface area contributed by atoms with Crippen LogP contribution in [0.15, 0.2) is 12.1 Å². The van der Waals surface area contributed by atoms with Gasteiger partial charge >= 0.3 is 0 Å². The van der Waals surface area contributed by atoms with Gasteiger partial charge in [-0.1, -0.05) is 11.6 Å². The van der Waals surface area contributed by atoms with Gasteiger partial charge in [0.05, 0.1) is 15.8 Å². The molecule has 0 unspecified atom stereocenters. The van der Waals surface area contributed by atoms with Crippen molar-refractivity contribution in [2.24, 2.45) is 0 Å². The second-order valence-corrected chi connectivity index (χ2v) is 5.25. The molecule has 2 rings (SSSR count). The Labute approximate surface area is 102 Å². The summed E-state index contributed by atoms with van der Waals surface area (Å²) in [4.78, 5) is 25.5. The average molecular weight is 259 g/mol. The molecule has 0 aromatic carbocycles. The lowest BCUT2D eigenvalue weighted by atomic mass is 10.3. The number of hydrogen-bond acceptors (Lipinski definition) is 3. The van der Waals surface area contributed by atoms with Gasteiger partial charge in [-0.15, -0.1) is 11.3 Å². The Morgan fingerprint density at radius 3 is 3.00 bits per heavy atom. The Bertz CT molecular complexity index is 419. The van der Waals surface area contributed by atoms with Gasteiger partial charge in [0, 0.05) is 13.1 Å². The van der Waals surface area contributed by atoms with Crippen LogP contribution in [0.5, 0.6) is 0 Å². The van der Waals surface area contributed by atoms with Gasteiger partial charge < -0.3 is 10.2 Å². The van der Waals surface area contributed by atoms with E-state index in [1.54, 1.807) is 17.0 Å². The van der Waals surface area contributed by atoms with Gasteiger partial charge in [0.2, 0.25) is 5.91 Å². The van der Waals surface area contributed by atoms with Gasteiger partial charge in [-0.25, -0.2) is 0 Å². The van der Waals surface area contributed by atoms with E-state index in [9.17, 15) is 9.59 Å². The molecule has 86 valence electrons. The van der Waals surface area contributed by atoms with Crippen molar-refractivity contribution in [3.05, 3.63) is 21.3 Å². The fourth-order valence-electron chi connectivity index (χ4n) is 1.56. The Balaban J connectivity index is 2.11. The minimum absolute atomic E-state index is 0.103. The summed E-state index contributed by atoms with van der Waals surface area (Å²) in [6.07, 6.45) is 0.788. The average Bonchev–Trinajstić information content (AvgIpc) is 2.56. The molecule has 2 amide bonds. The van der Waals surface area contributed by atoms with E-state index in [1.165, 1.54) is 11.3 Å². The SMILES string of the molecule is O=C1CN(C(=O)c2ccc(Cl)s2)CCCN1. The molecular formula is C10H11ClN2O2S. The van der Waals surface area contributed by atoms with Crippen molar-refractivity contribution in [2.75, 3.05) is 19.6 Å². The van der Waals surface area contributed by atoms with E-state index >= 15 is 0 Å². The predicted molar refractivity (Wildman–Crippen MR) is 62.9 cm³/mol. The van der Waals surface area contributed by atoms with Crippen molar-refractivity contribution in [3.63, 3.8) is 0 Å². The standard InChI is InChI=1S/C10H11ClN2O2S/c11-8-3-2-7(16-8)10(15)13-5-1-4-12-9(14)6-13/h2-3H,1,4-6H2,(H,12,14). The summed E-state index contributed by atoms with van der Waals surface area (Å²) >= 11 is 7.01. The predicted octanol–water partition coefficient (Wildman–Crippen LogP) is 1.36. The van der Waals surface area contributed by atoms with Crippen LogP contribution in [0.2, 0.25) is 4.34 Å². The zero-order valence-electron chi connectivity index (χ0n) is 8.53. The highest BCUT2D eigenvalue weighted by atomic mass is 35.5. The van der Waals surface area contributed by atoms with E-state index in [-0.39, 0.29) is 18.4 Å².